The highest BCUT2D eigenvalue weighted by atomic mass is 35.5. The molecule has 1 aromatic heterocycles. The second kappa shape index (κ2) is 7.54. The Bertz CT molecular complexity index is 1100. The van der Waals surface area contributed by atoms with Crippen LogP contribution in [0.25, 0.3) is 10.9 Å². The molecule has 0 aliphatic rings. The molecule has 2 aromatic carbocycles. The van der Waals surface area contributed by atoms with Gasteiger partial charge in [0.1, 0.15) is 5.75 Å². The van der Waals surface area contributed by atoms with Crippen LogP contribution in [0, 0.1) is 20.8 Å². The Balaban J connectivity index is 1.81. The van der Waals surface area contributed by atoms with E-state index in [0.29, 0.717) is 29.3 Å². The molecule has 0 amide bonds. The molecule has 7 heteroatoms. The van der Waals surface area contributed by atoms with E-state index in [0.717, 1.165) is 27.7 Å². The summed E-state index contributed by atoms with van der Waals surface area (Å²) in [6.07, 6.45) is 0.569. The quantitative estimate of drug-likeness (QED) is 0.641. The Morgan fingerprint density at radius 2 is 1.85 bits per heavy atom. The van der Waals surface area contributed by atoms with Gasteiger partial charge in [-0.05, 0) is 62.1 Å². The third-order valence-corrected chi connectivity index (χ3v) is 6.89. The zero-order valence-corrected chi connectivity index (χ0v) is 17.4. The fraction of sp³-hybridized carbons (Fsp3) is 0.300. The van der Waals surface area contributed by atoms with Gasteiger partial charge in [0.15, 0.2) is 0 Å². The number of nitrogens with one attached hydrogen (secondary N) is 2. The highest BCUT2D eigenvalue weighted by Crippen LogP contribution is 2.29. The van der Waals surface area contributed by atoms with Crippen molar-refractivity contribution in [1.82, 2.24) is 9.71 Å². The lowest BCUT2D eigenvalue weighted by molar-refractivity contribution is 0.410. The number of H-pyrrole nitrogens is 1. The van der Waals surface area contributed by atoms with Crippen molar-refractivity contribution in [1.29, 1.82) is 0 Å². The Morgan fingerprint density at radius 1 is 1.11 bits per heavy atom. The number of sulfonamides is 1. The van der Waals surface area contributed by atoms with E-state index in [1.54, 1.807) is 26.2 Å². The number of aromatic nitrogens is 1. The van der Waals surface area contributed by atoms with E-state index < -0.39 is 10.0 Å². The normalized spacial score (nSPS) is 11.9. The molecule has 0 radical (unpaired) electrons. The monoisotopic (exact) mass is 406 g/mol. The number of ether oxygens (including phenoxy) is 1. The van der Waals surface area contributed by atoms with Crippen LogP contribution in [-0.2, 0) is 16.4 Å². The second-order valence-corrected chi connectivity index (χ2v) is 8.70. The summed E-state index contributed by atoms with van der Waals surface area (Å²) in [7, 11) is -2.03. The maximum Gasteiger partial charge on any atom is 0.240 e. The van der Waals surface area contributed by atoms with E-state index in [9.17, 15) is 8.42 Å². The van der Waals surface area contributed by atoms with Crippen LogP contribution >= 0.6 is 11.6 Å². The number of hydrogen-bond donors (Lipinski definition) is 2. The average Bonchev–Trinajstić information content (AvgIpc) is 2.94. The molecule has 5 nitrogen and oxygen atoms in total. The van der Waals surface area contributed by atoms with Gasteiger partial charge in [-0.15, -0.1) is 0 Å². The highest BCUT2D eigenvalue weighted by molar-refractivity contribution is 7.89. The molecule has 3 rings (SSSR count). The number of benzene rings is 2. The Morgan fingerprint density at radius 3 is 2.56 bits per heavy atom. The SMILES string of the molecule is COc1ccc(S(=O)(=O)NCCc2c(C)[nH]c3c(Cl)cccc23)c(C)c1C. The molecule has 0 unspecified atom stereocenters. The first-order valence-electron chi connectivity index (χ1n) is 8.65. The molecular formula is C20H23ClN2O3S. The van der Waals surface area contributed by atoms with Crippen LogP contribution in [0.3, 0.4) is 0 Å². The highest BCUT2D eigenvalue weighted by Gasteiger charge is 2.19. The lowest BCUT2D eigenvalue weighted by Crippen LogP contribution is -2.27. The lowest BCUT2D eigenvalue weighted by atomic mass is 10.1. The number of methoxy groups -OCH3 is 1. The van der Waals surface area contributed by atoms with Crippen LogP contribution in [0.15, 0.2) is 35.2 Å². The van der Waals surface area contributed by atoms with Crippen molar-refractivity contribution in [2.45, 2.75) is 32.1 Å². The van der Waals surface area contributed by atoms with Crippen molar-refractivity contribution >= 4 is 32.5 Å². The Hall–Kier alpha value is -2.02. The van der Waals surface area contributed by atoms with Crippen LogP contribution in [0.2, 0.25) is 5.02 Å². The molecule has 1 heterocycles. The summed E-state index contributed by atoms with van der Waals surface area (Å²) in [6.45, 7) is 5.91. The Kier molecular flexibility index (Phi) is 5.51. The standard InChI is InChI=1S/C20H23ClN2O3S/c1-12-13(2)19(9-8-18(12)26-4)27(24,25)22-11-10-15-14(3)23-20-16(15)6-5-7-17(20)21/h5-9,22-23H,10-11H2,1-4H3. The van der Waals surface area contributed by atoms with Crippen molar-refractivity contribution in [3.05, 3.63) is 57.7 Å². The van der Waals surface area contributed by atoms with Crippen LogP contribution in [-0.4, -0.2) is 27.1 Å². The third-order valence-electron chi connectivity index (χ3n) is 4.97. The molecule has 0 atom stereocenters. The first-order chi connectivity index (χ1) is 12.8. The van der Waals surface area contributed by atoms with Crippen molar-refractivity contribution in [2.75, 3.05) is 13.7 Å². The van der Waals surface area contributed by atoms with Crippen LogP contribution in [0.1, 0.15) is 22.4 Å². The predicted molar refractivity (Wildman–Crippen MR) is 109 cm³/mol. The van der Waals surface area contributed by atoms with E-state index >= 15 is 0 Å². The number of aryl methyl sites for hydroxylation is 1. The number of aromatic amines is 1. The predicted octanol–water partition coefficient (Wildman–Crippen LogP) is 4.28. The molecule has 3 aromatic rings. The minimum Gasteiger partial charge on any atom is -0.496 e. The van der Waals surface area contributed by atoms with Crippen LogP contribution in [0.4, 0.5) is 0 Å². The number of para-hydroxylation sites is 1. The van der Waals surface area contributed by atoms with Crippen molar-refractivity contribution < 1.29 is 13.2 Å². The maximum atomic E-state index is 12.8. The molecule has 0 aliphatic heterocycles. The van der Waals surface area contributed by atoms with E-state index in [1.807, 2.05) is 32.0 Å². The summed E-state index contributed by atoms with van der Waals surface area (Å²) < 4.78 is 33.5. The molecule has 0 bridgehead atoms. The minimum atomic E-state index is -3.61. The number of rotatable bonds is 6. The minimum absolute atomic E-state index is 0.277. The zero-order chi connectivity index (χ0) is 19.8. The summed E-state index contributed by atoms with van der Waals surface area (Å²) in [5, 5.41) is 1.68. The molecule has 0 saturated carbocycles. The van der Waals surface area contributed by atoms with E-state index in [-0.39, 0.29) is 4.90 Å². The molecule has 2 N–H and O–H groups in total. The van der Waals surface area contributed by atoms with Gasteiger partial charge in [-0.3, -0.25) is 0 Å². The molecule has 144 valence electrons. The summed E-state index contributed by atoms with van der Waals surface area (Å²) >= 11 is 6.23. The largest absolute Gasteiger partial charge is 0.496 e. The number of hydrogen-bond acceptors (Lipinski definition) is 3. The molecule has 0 saturated heterocycles. The smallest absolute Gasteiger partial charge is 0.240 e. The summed E-state index contributed by atoms with van der Waals surface area (Å²) in [4.78, 5) is 3.56. The van der Waals surface area contributed by atoms with Crippen LogP contribution in [0.5, 0.6) is 5.75 Å². The van der Waals surface area contributed by atoms with Crippen LogP contribution < -0.4 is 9.46 Å². The molecular weight excluding hydrogens is 384 g/mol. The van der Waals surface area contributed by atoms with Crippen molar-refractivity contribution in [2.24, 2.45) is 0 Å². The summed E-state index contributed by atoms with van der Waals surface area (Å²) in [5.74, 6) is 0.678. The topological polar surface area (TPSA) is 71.2 Å². The average molecular weight is 407 g/mol. The molecule has 0 fully saturated rings. The molecule has 0 aliphatic carbocycles. The van der Waals surface area contributed by atoms with Gasteiger partial charge in [-0.1, -0.05) is 23.7 Å². The fourth-order valence-corrected chi connectivity index (χ4v) is 4.91. The molecule has 27 heavy (non-hydrogen) atoms. The first kappa shape index (κ1) is 19.7. The van der Waals surface area contributed by atoms with Gasteiger partial charge < -0.3 is 9.72 Å². The van der Waals surface area contributed by atoms with Crippen molar-refractivity contribution in [3.63, 3.8) is 0 Å². The second-order valence-electron chi connectivity index (χ2n) is 6.55. The van der Waals surface area contributed by atoms with E-state index in [2.05, 4.69) is 9.71 Å². The van der Waals surface area contributed by atoms with Gasteiger partial charge in [-0.25, -0.2) is 13.1 Å². The molecule has 0 spiro atoms. The third kappa shape index (κ3) is 3.70. The first-order valence-corrected chi connectivity index (χ1v) is 10.5. The summed E-state index contributed by atoms with van der Waals surface area (Å²) in [6, 6.07) is 8.99. The van der Waals surface area contributed by atoms with Gasteiger partial charge in [-0.2, -0.15) is 0 Å². The fourth-order valence-electron chi connectivity index (χ4n) is 3.36. The summed E-state index contributed by atoms with van der Waals surface area (Å²) in [5.41, 5.74) is 4.46. The lowest BCUT2D eigenvalue weighted by Gasteiger charge is -2.13. The van der Waals surface area contributed by atoms with E-state index in [1.165, 1.54) is 0 Å². The maximum absolute atomic E-state index is 12.8. The van der Waals surface area contributed by atoms with Gasteiger partial charge in [0, 0.05) is 17.6 Å². The van der Waals surface area contributed by atoms with Gasteiger partial charge in [0.25, 0.3) is 0 Å². The number of fused-ring (bicyclic) bond motifs is 1. The van der Waals surface area contributed by atoms with E-state index in [4.69, 9.17) is 16.3 Å². The van der Waals surface area contributed by atoms with Gasteiger partial charge in [0.2, 0.25) is 10.0 Å². The van der Waals surface area contributed by atoms with Gasteiger partial charge >= 0.3 is 0 Å². The zero-order valence-electron chi connectivity index (χ0n) is 15.8. The Labute approximate surface area is 164 Å². The number of halogens is 1. The van der Waals surface area contributed by atoms with Crippen molar-refractivity contribution in [3.8, 4) is 5.75 Å². The van der Waals surface area contributed by atoms with Gasteiger partial charge in [0.05, 0.1) is 22.5 Å².